The normalized spacial score (nSPS) is 26.3. The Morgan fingerprint density at radius 2 is 1.52 bits per heavy atom. The minimum atomic E-state index is 0.0290. The van der Waals surface area contributed by atoms with Crippen LogP contribution in [0.5, 0.6) is 0 Å². The predicted molar refractivity (Wildman–Crippen MR) is 97.3 cm³/mol. The van der Waals surface area contributed by atoms with Gasteiger partial charge in [0.25, 0.3) is 0 Å². The van der Waals surface area contributed by atoms with E-state index in [4.69, 9.17) is 5.26 Å². The third kappa shape index (κ3) is 3.29. The molecule has 5 nitrogen and oxygen atoms in total. The maximum atomic E-state index is 12.9. The quantitative estimate of drug-likeness (QED) is 0.848. The lowest BCUT2D eigenvalue weighted by Gasteiger charge is -2.40. The first-order valence-electron chi connectivity index (χ1n) is 9.56. The molecule has 2 aliphatic heterocycles. The van der Waals surface area contributed by atoms with Crippen molar-refractivity contribution in [2.45, 2.75) is 44.2 Å². The predicted octanol–water partition coefficient (Wildman–Crippen LogP) is 2.22. The SMILES string of the molecule is N#Cc1ccc(N2CCC(N3CCN(C4CCCC4)CC3)C2=O)cc1. The first-order chi connectivity index (χ1) is 12.3. The second-order valence-corrected chi connectivity index (χ2v) is 7.46. The first kappa shape index (κ1) is 16.6. The van der Waals surface area contributed by atoms with Gasteiger partial charge in [0.05, 0.1) is 17.7 Å². The van der Waals surface area contributed by atoms with Gasteiger partial charge in [-0.15, -0.1) is 0 Å². The summed E-state index contributed by atoms with van der Waals surface area (Å²) in [6.45, 7) is 5.00. The minimum Gasteiger partial charge on any atom is -0.311 e. The van der Waals surface area contributed by atoms with E-state index in [1.807, 2.05) is 17.0 Å². The van der Waals surface area contributed by atoms with E-state index in [9.17, 15) is 4.79 Å². The Morgan fingerprint density at radius 1 is 0.880 bits per heavy atom. The van der Waals surface area contributed by atoms with Crippen LogP contribution in [-0.4, -0.2) is 60.5 Å². The second-order valence-electron chi connectivity index (χ2n) is 7.46. The van der Waals surface area contributed by atoms with Crippen LogP contribution in [-0.2, 0) is 4.79 Å². The monoisotopic (exact) mass is 338 g/mol. The van der Waals surface area contributed by atoms with Gasteiger partial charge in [0.1, 0.15) is 0 Å². The van der Waals surface area contributed by atoms with Crippen LogP contribution in [0.4, 0.5) is 5.69 Å². The Labute approximate surface area is 149 Å². The number of carbonyl (C=O) groups excluding carboxylic acids is 1. The van der Waals surface area contributed by atoms with Gasteiger partial charge in [-0.2, -0.15) is 5.26 Å². The molecular formula is C20H26N4O. The van der Waals surface area contributed by atoms with Crippen molar-refractivity contribution in [2.24, 2.45) is 0 Å². The zero-order chi connectivity index (χ0) is 17.2. The molecule has 1 aromatic carbocycles. The molecule has 5 heteroatoms. The Morgan fingerprint density at radius 3 is 2.16 bits per heavy atom. The lowest BCUT2D eigenvalue weighted by molar-refractivity contribution is -0.122. The highest BCUT2D eigenvalue weighted by Crippen LogP contribution is 2.28. The van der Waals surface area contributed by atoms with Crippen LogP contribution in [0.3, 0.4) is 0 Å². The van der Waals surface area contributed by atoms with Crippen molar-refractivity contribution in [3.63, 3.8) is 0 Å². The van der Waals surface area contributed by atoms with Gasteiger partial charge in [0, 0.05) is 44.5 Å². The van der Waals surface area contributed by atoms with E-state index in [0.717, 1.165) is 50.9 Å². The van der Waals surface area contributed by atoms with E-state index in [-0.39, 0.29) is 11.9 Å². The molecule has 1 aliphatic carbocycles. The lowest BCUT2D eigenvalue weighted by atomic mass is 10.1. The van der Waals surface area contributed by atoms with Crippen molar-refractivity contribution in [1.82, 2.24) is 9.80 Å². The molecule has 25 heavy (non-hydrogen) atoms. The van der Waals surface area contributed by atoms with E-state index in [1.54, 1.807) is 12.1 Å². The second kappa shape index (κ2) is 7.15. The van der Waals surface area contributed by atoms with E-state index in [2.05, 4.69) is 15.9 Å². The number of carbonyl (C=O) groups is 1. The fourth-order valence-electron chi connectivity index (χ4n) is 4.66. The summed E-state index contributed by atoms with van der Waals surface area (Å²) in [7, 11) is 0. The van der Waals surface area contributed by atoms with Crippen molar-refractivity contribution >= 4 is 11.6 Å². The summed E-state index contributed by atoms with van der Waals surface area (Å²) < 4.78 is 0. The van der Waals surface area contributed by atoms with E-state index in [1.165, 1.54) is 25.7 Å². The van der Waals surface area contributed by atoms with Gasteiger partial charge in [-0.1, -0.05) is 12.8 Å². The molecule has 0 radical (unpaired) electrons. The summed E-state index contributed by atoms with van der Waals surface area (Å²) >= 11 is 0. The van der Waals surface area contributed by atoms with Crippen molar-refractivity contribution in [3.8, 4) is 6.07 Å². The molecule has 3 fully saturated rings. The summed E-state index contributed by atoms with van der Waals surface area (Å²) in [6.07, 6.45) is 6.38. The van der Waals surface area contributed by atoms with Gasteiger partial charge in [-0.05, 0) is 43.5 Å². The van der Waals surface area contributed by atoms with Crippen molar-refractivity contribution < 1.29 is 4.79 Å². The van der Waals surface area contributed by atoms with Crippen LogP contribution in [0.2, 0.25) is 0 Å². The topological polar surface area (TPSA) is 50.6 Å². The Bertz CT molecular complexity index is 651. The average molecular weight is 338 g/mol. The molecule has 2 saturated heterocycles. The number of anilines is 1. The first-order valence-corrected chi connectivity index (χ1v) is 9.56. The number of nitriles is 1. The molecule has 0 aromatic heterocycles. The fourth-order valence-corrected chi connectivity index (χ4v) is 4.66. The van der Waals surface area contributed by atoms with Crippen LogP contribution >= 0.6 is 0 Å². The molecule has 132 valence electrons. The van der Waals surface area contributed by atoms with Crippen LogP contribution in [0.25, 0.3) is 0 Å². The number of benzene rings is 1. The molecule has 0 N–H and O–H groups in total. The number of nitrogens with zero attached hydrogens (tertiary/aromatic N) is 4. The third-order valence-corrected chi connectivity index (χ3v) is 6.12. The molecule has 0 spiro atoms. The highest BCUT2D eigenvalue weighted by atomic mass is 16.2. The number of amides is 1. The van der Waals surface area contributed by atoms with Gasteiger partial charge in [-0.3, -0.25) is 14.6 Å². The molecule has 1 aromatic rings. The zero-order valence-electron chi connectivity index (χ0n) is 14.7. The highest BCUT2D eigenvalue weighted by molar-refractivity contribution is 5.99. The smallest absolute Gasteiger partial charge is 0.244 e. The largest absolute Gasteiger partial charge is 0.311 e. The summed E-state index contributed by atoms with van der Waals surface area (Å²) in [5, 5.41) is 8.92. The van der Waals surface area contributed by atoms with E-state index >= 15 is 0 Å². The van der Waals surface area contributed by atoms with Crippen LogP contribution in [0, 0.1) is 11.3 Å². The van der Waals surface area contributed by atoms with Crippen LogP contribution in [0.15, 0.2) is 24.3 Å². The highest BCUT2D eigenvalue weighted by Gasteiger charge is 2.38. The van der Waals surface area contributed by atoms with E-state index < -0.39 is 0 Å². The molecule has 1 amide bonds. The summed E-state index contributed by atoms with van der Waals surface area (Å²) in [4.78, 5) is 19.8. The van der Waals surface area contributed by atoms with Gasteiger partial charge < -0.3 is 4.90 Å². The molecule has 2 heterocycles. The Hall–Kier alpha value is -1.90. The molecule has 0 bridgehead atoms. The molecule has 1 atom stereocenters. The summed E-state index contributed by atoms with van der Waals surface area (Å²) in [5.41, 5.74) is 1.55. The van der Waals surface area contributed by atoms with Crippen LogP contribution in [0.1, 0.15) is 37.7 Å². The van der Waals surface area contributed by atoms with Crippen molar-refractivity contribution in [2.75, 3.05) is 37.6 Å². The third-order valence-electron chi connectivity index (χ3n) is 6.12. The lowest BCUT2D eigenvalue weighted by Crippen LogP contribution is -2.54. The molecule has 3 aliphatic rings. The van der Waals surface area contributed by atoms with E-state index in [0.29, 0.717) is 5.56 Å². The Kier molecular flexibility index (Phi) is 4.74. The molecule has 1 saturated carbocycles. The van der Waals surface area contributed by atoms with Gasteiger partial charge in [0.15, 0.2) is 0 Å². The number of rotatable bonds is 3. The standard InChI is InChI=1S/C20H26N4O/c21-15-16-5-7-18(8-6-16)24-10-9-19(20(24)25)23-13-11-22(12-14-23)17-3-1-2-4-17/h5-8,17,19H,1-4,9-14H2. The van der Waals surface area contributed by atoms with Gasteiger partial charge >= 0.3 is 0 Å². The number of hydrogen-bond acceptors (Lipinski definition) is 4. The molecule has 1 unspecified atom stereocenters. The minimum absolute atomic E-state index is 0.0290. The van der Waals surface area contributed by atoms with Gasteiger partial charge in [0.2, 0.25) is 5.91 Å². The van der Waals surface area contributed by atoms with Crippen molar-refractivity contribution in [3.05, 3.63) is 29.8 Å². The summed E-state index contributed by atoms with van der Waals surface area (Å²) in [6, 6.07) is 10.3. The fraction of sp³-hybridized carbons (Fsp3) is 0.600. The molecule has 4 rings (SSSR count). The number of hydrogen-bond donors (Lipinski definition) is 0. The number of piperazine rings is 1. The van der Waals surface area contributed by atoms with Crippen LogP contribution < -0.4 is 4.90 Å². The van der Waals surface area contributed by atoms with Crippen molar-refractivity contribution in [1.29, 1.82) is 5.26 Å². The molecular weight excluding hydrogens is 312 g/mol. The average Bonchev–Trinajstić information content (AvgIpc) is 3.32. The summed E-state index contributed by atoms with van der Waals surface area (Å²) in [5.74, 6) is 0.221. The zero-order valence-corrected chi connectivity index (χ0v) is 14.7. The maximum absolute atomic E-state index is 12.9. The maximum Gasteiger partial charge on any atom is 0.244 e. The van der Waals surface area contributed by atoms with Gasteiger partial charge in [-0.25, -0.2) is 0 Å². The Balaban J connectivity index is 1.36.